The lowest BCUT2D eigenvalue weighted by Crippen LogP contribution is -2.26. The minimum atomic E-state index is -0.428. The van der Waals surface area contributed by atoms with Gasteiger partial charge in [0.15, 0.2) is 0 Å². The Morgan fingerprint density at radius 3 is 2.58 bits per heavy atom. The fourth-order valence-electron chi connectivity index (χ4n) is 1.72. The van der Waals surface area contributed by atoms with E-state index < -0.39 is 4.92 Å². The van der Waals surface area contributed by atoms with Gasteiger partial charge in [0.25, 0.3) is 0 Å². The van der Waals surface area contributed by atoms with Crippen molar-refractivity contribution in [2.75, 3.05) is 18.4 Å². The molecule has 106 valence electrons. The minimum absolute atomic E-state index is 0.000301. The number of aryl methyl sites for hydroxylation is 1. The summed E-state index contributed by atoms with van der Waals surface area (Å²) in [5.74, 6) is 0.195. The Bertz CT molecular complexity index is 481. The van der Waals surface area contributed by atoms with Crippen LogP contribution in [-0.4, -0.2) is 33.7 Å². The standard InChI is InChI=1S/C11H19N5O3/c1-7(2)9-10(16(18)19)11(15(4)14-9)13-6-5-12-8(3)17/h7,13H,5-6H2,1-4H3,(H,12,17). The van der Waals surface area contributed by atoms with E-state index >= 15 is 0 Å². The van der Waals surface area contributed by atoms with Crippen molar-refractivity contribution in [2.24, 2.45) is 7.05 Å². The van der Waals surface area contributed by atoms with E-state index in [2.05, 4.69) is 15.7 Å². The first-order chi connectivity index (χ1) is 8.84. The molecule has 0 atom stereocenters. The number of nitrogens with zero attached hydrogens (tertiary/aromatic N) is 3. The number of nitrogens with one attached hydrogen (secondary N) is 2. The molecule has 1 aromatic rings. The molecule has 0 saturated heterocycles. The van der Waals surface area contributed by atoms with Gasteiger partial charge in [0.05, 0.1) is 4.92 Å². The molecule has 1 amide bonds. The molecule has 0 radical (unpaired) electrons. The first-order valence-corrected chi connectivity index (χ1v) is 6.04. The molecule has 8 nitrogen and oxygen atoms in total. The zero-order valence-corrected chi connectivity index (χ0v) is 11.6. The van der Waals surface area contributed by atoms with Gasteiger partial charge in [0.1, 0.15) is 5.69 Å². The highest BCUT2D eigenvalue weighted by molar-refractivity contribution is 5.72. The molecule has 1 aromatic heterocycles. The topological polar surface area (TPSA) is 102 Å². The molecular formula is C11H19N5O3. The number of carbonyl (C=O) groups excluding carboxylic acids is 1. The Kier molecular flexibility index (Phi) is 4.85. The number of aromatic nitrogens is 2. The average molecular weight is 269 g/mol. The molecule has 0 aliphatic carbocycles. The van der Waals surface area contributed by atoms with Crippen LogP contribution in [0, 0.1) is 10.1 Å². The molecule has 19 heavy (non-hydrogen) atoms. The van der Waals surface area contributed by atoms with E-state index in [1.54, 1.807) is 7.05 Å². The van der Waals surface area contributed by atoms with Crippen LogP contribution in [0.4, 0.5) is 11.5 Å². The van der Waals surface area contributed by atoms with Crippen LogP contribution in [0.25, 0.3) is 0 Å². The second kappa shape index (κ2) is 6.17. The number of nitro groups is 1. The maximum atomic E-state index is 11.1. The van der Waals surface area contributed by atoms with Crippen LogP contribution in [0.1, 0.15) is 32.4 Å². The monoisotopic (exact) mass is 269 g/mol. The van der Waals surface area contributed by atoms with Crippen LogP contribution in [0.5, 0.6) is 0 Å². The van der Waals surface area contributed by atoms with Crippen molar-refractivity contribution in [3.8, 4) is 0 Å². The van der Waals surface area contributed by atoms with Gasteiger partial charge in [-0.3, -0.25) is 14.9 Å². The smallest absolute Gasteiger partial charge is 0.334 e. The number of carbonyl (C=O) groups is 1. The Morgan fingerprint density at radius 1 is 1.47 bits per heavy atom. The highest BCUT2D eigenvalue weighted by Gasteiger charge is 2.28. The first-order valence-electron chi connectivity index (χ1n) is 6.04. The average Bonchev–Trinajstić information content (AvgIpc) is 2.62. The Labute approximate surface area is 111 Å². The normalized spacial score (nSPS) is 10.6. The molecule has 0 bridgehead atoms. The molecule has 0 unspecified atom stereocenters. The highest BCUT2D eigenvalue weighted by atomic mass is 16.6. The highest BCUT2D eigenvalue weighted by Crippen LogP contribution is 2.32. The third kappa shape index (κ3) is 3.67. The van der Waals surface area contributed by atoms with Crippen LogP contribution in [0.2, 0.25) is 0 Å². The number of rotatable bonds is 6. The minimum Gasteiger partial charge on any atom is -0.363 e. The number of hydrogen-bond acceptors (Lipinski definition) is 5. The lowest BCUT2D eigenvalue weighted by atomic mass is 10.1. The van der Waals surface area contributed by atoms with Crippen molar-refractivity contribution in [3.63, 3.8) is 0 Å². The summed E-state index contributed by atoms with van der Waals surface area (Å²) in [4.78, 5) is 21.4. The summed E-state index contributed by atoms with van der Waals surface area (Å²) in [6.07, 6.45) is 0. The second-order valence-electron chi connectivity index (χ2n) is 4.53. The summed E-state index contributed by atoms with van der Waals surface area (Å²) in [7, 11) is 1.65. The summed E-state index contributed by atoms with van der Waals surface area (Å²) in [6.45, 7) is 5.93. The van der Waals surface area contributed by atoms with E-state index in [0.29, 0.717) is 24.6 Å². The molecule has 0 saturated carbocycles. The molecular weight excluding hydrogens is 250 g/mol. The maximum absolute atomic E-state index is 11.1. The molecule has 0 aliphatic heterocycles. The summed E-state index contributed by atoms with van der Waals surface area (Å²) < 4.78 is 1.46. The fourth-order valence-corrected chi connectivity index (χ4v) is 1.72. The SMILES string of the molecule is CC(=O)NCCNc1c([N+](=O)[O-])c(C(C)C)nn1C. The second-order valence-corrected chi connectivity index (χ2v) is 4.53. The van der Waals surface area contributed by atoms with E-state index in [9.17, 15) is 14.9 Å². The van der Waals surface area contributed by atoms with E-state index in [-0.39, 0.29) is 17.5 Å². The zero-order valence-electron chi connectivity index (χ0n) is 11.6. The lowest BCUT2D eigenvalue weighted by molar-refractivity contribution is -0.384. The maximum Gasteiger partial charge on any atom is 0.334 e. The molecule has 2 N–H and O–H groups in total. The first kappa shape index (κ1) is 14.9. The number of hydrogen-bond donors (Lipinski definition) is 2. The number of anilines is 1. The van der Waals surface area contributed by atoms with Gasteiger partial charge in [-0.1, -0.05) is 13.8 Å². The van der Waals surface area contributed by atoms with Crippen molar-refractivity contribution in [1.29, 1.82) is 0 Å². The Morgan fingerprint density at radius 2 is 2.11 bits per heavy atom. The van der Waals surface area contributed by atoms with Gasteiger partial charge in [0.2, 0.25) is 11.7 Å². The van der Waals surface area contributed by atoms with Gasteiger partial charge < -0.3 is 10.6 Å². The van der Waals surface area contributed by atoms with Crippen molar-refractivity contribution in [1.82, 2.24) is 15.1 Å². The van der Waals surface area contributed by atoms with E-state index in [1.807, 2.05) is 13.8 Å². The zero-order chi connectivity index (χ0) is 14.6. The van der Waals surface area contributed by atoms with Crippen LogP contribution in [0.3, 0.4) is 0 Å². The van der Waals surface area contributed by atoms with E-state index in [4.69, 9.17) is 0 Å². The van der Waals surface area contributed by atoms with Crippen molar-refractivity contribution < 1.29 is 9.72 Å². The van der Waals surface area contributed by atoms with E-state index in [0.717, 1.165) is 0 Å². The summed E-state index contributed by atoms with van der Waals surface area (Å²) in [6, 6.07) is 0. The molecule has 1 heterocycles. The summed E-state index contributed by atoms with van der Waals surface area (Å²) in [5.41, 5.74) is 0.454. The van der Waals surface area contributed by atoms with Crippen molar-refractivity contribution in [2.45, 2.75) is 26.7 Å². The van der Waals surface area contributed by atoms with Crippen LogP contribution in [0.15, 0.2) is 0 Å². The van der Waals surface area contributed by atoms with E-state index in [1.165, 1.54) is 11.6 Å². The van der Waals surface area contributed by atoms with Gasteiger partial charge >= 0.3 is 5.69 Å². The summed E-state index contributed by atoms with van der Waals surface area (Å²) >= 11 is 0. The van der Waals surface area contributed by atoms with Gasteiger partial charge in [-0.15, -0.1) is 0 Å². The Balaban J connectivity index is 2.87. The largest absolute Gasteiger partial charge is 0.363 e. The van der Waals surface area contributed by atoms with Crippen LogP contribution < -0.4 is 10.6 Å². The predicted octanol–water partition coefficient (Wildman–Crippen LogP) is 1.000. The molecule has 0 fully saturated rings. The molecule has 0 aromatic carbocycles. The molecule has 8 heteroatoms. The van der Waals surface area contributed by atoms with Gasteiger partial charge in [-0.2, -0.15) is 5.10 Å². The predicted molar refractivity (Wildman–Crippen MR) is 71.1 cm³/mol. The van der Waals surface area contributed by atoms with Gasteiger partial charge in [-0.05, 0) is 0 Å². The quantitative estimate of drug-likeness (QED) is 0.455. The fraction of sp³-hybridized carbons (Fsp3) is 0.636. The van der Waals surface area contributed by atoms with Crippen molar-refractivity contribution >= 4 is 17.4 Å². The molecule has 0 spiro atoms. The summed E-state index contributed by atoms with van der Waals surface area (Å²) in [5, 5.41) is 20.9. The Hall–Kier alpha value is -2.12. The molecule has 1 rings (SSSR count). The van der Waals surface area contributed by atoms with Crippen LogP contribution >= 0.6 is 0 Å². The third-order valence-electron chi connectivity index (χ3n) is 2.57. The number of amides is 1. The molecule has 0 aliphatic rings. The van der Waals surface area contributed by atoms with Crippen LogP contribution in [-0.2, 0) is 11.8 Å². The van der Waals surface area contributed by atoms with Gasteiger partial charge in [-0.25, -0.2) is 4.68 Å². The van der Waals surface area contributed by atoms with Crippen molar-refractivity contribution in [3.05, 3.63) is 15.8 Å². The third-order valence-corrected chi connectivity index (χ3v) is 2.57. The van der Waals surface area contributed by atoms with Gasteiger partial charge in [0, 0.05) is 33.0 Å². The lowest BCUT2D eigenvalue weighted by Gasteiger charge is -2.06.